The molecule has 0 radical (unpaired) electrons. The highest BCUT2D eigenvalue weighted by Crippen LogP contribution is 2.37. The van der Waals surface area contributed by atoms with Crippen LogP contribution in [0.25, 0.3) is 11.1 Å². The van der Waals surface area contributed by atoms with E-state index >= 15 is 0 Å². The molecule has 1 aromatic carbocycles. The number of nitrogens with one attached hydrogen (secondary N) is 1. The zero-order valence-electron chi connectivity index (χ0n) is 13.7. The summed E-state index contributed by atoms with van der Waals surface area (Å²) in [6, 6.07) is 2.65. The highest BCUT2D eigenvalue weighted by Gasteiger charge is 2.35. The van der Waals surface area contributed by atoms with Crippen molar-refractivity contribution in [3.63, 3.8) is 0 Å². The smallest absolute Gasteiger partial charge is 0.420 e. The molecule has 0 aliphatic heterocycles. The van der Waals surface area contributed by atoms with E-state index in [1.54, 1.807) is 6.07 Å². The van der Waals surface area contributed by atoms with Gasteiger partial charge in [0.1, 0.15) is 11.1 Å². The van der Waals surface area contributed by atoms with Crippen LogP contribution in [0.2, 0.25) is 0 Å². The van der Waals surface area contributed by atoms with Crippen LogP contribution in [0.3, 0.4) is 0 Å². The van der Waals surface area contributed by atoms with Crippen molar-refractivity contribution in [2.45, 2.75) is 63.9 Å². The van der Waals surface area contributed by atoms with Crippen LogP contribution in [-0.4, -0.2) is 22.2 Å². The summed E-state index contributed by atoms with van der Waals surface area (Å²) in [6.07, 6.45) is -2.46. The maximum absolute atomic E-state index is 13.4. The number of rotatable bonds is 4. The Labute approximate surface area is 138 Å². The molecule has 0 saturated heterocycles. The van der Waals surface area contributed by atoms with Gasteiger partial charge in [0.05, 0.1) is 6.10 Å². The predicted molar refractivity (Wildman–Crippen MR) is 83.6 cm³/mol. The first-order chi connectivity index (χ1) is 11.3. The van der Waals surface area contributed by atoms with Crippen molar-refractivity contribution < 1.29 is 22.7 Å². The molecule has 1 heterocycles. The molecular formula is C17H21F3N2O2. The second kappa shape index (κ2) is 6.37. The molecule has 2 N–H and O–H groups in total. The van der Waals surface area contributed by atoms with E-state index in [9.17, 15) is 18.3 Å². The fraction of sp³-hybridized carbons (Fsp3) is 0.588. The SMILES string of the molecule is CC(C)c1nc2cc(CN[C@@H]3CCC[C@H]3O)cc(C(F)(F)F)c2o1. The quantitative estimate of drug-likeness (QED) is 0.883. The van der Waals surface area contributed by atoms with Crippen LogP contribution in [0.15, 0.2) is 16.5 Å². The summed E-state index contributed by atoms with van der Waals surface area (Å²) in [4.78, 5) is 4.20. The molecule has 1 saturated carbocycles. The van der Waals surface area contributed by atoms with E-state index in [1.807, 2.05) is 13.8 Å². The van der Waals surface area contributed by atoms with Crippen molar-refractivity contribution in [3.8, 4) is 0 Å². The largest absolute Gasteiger partial charge is 0.440 e. The Morgan fingerprint density at radius 3 is 2.67 bits per heavy atom. The van der Waals surface area contributed by atoms with Gasteiger partial charge in [-0.1, -0.05) is 13.8 Å². The number of aliphatic hydroxyl groups excluding tert-OH is 1. The molecule has 132 valence electrons. The van der Waals surface area contributed by atoms with Crippen molar-refractivity contribution in [3.05, 3.63) is 29.2 Å². The number of aromatic nitrogens is 1. The second-order valence-corrected chi connectivity index (χ2v) is 6.68. The summed E-state index contributed by atoms with van der Waals surface area (Å²) >= 11 is 0. The van der Waals surface area contributed by atoms with Gasteiger partial charge in [-0.05, 0) is 37.0 Å². The molecular weight excluding hydrogens is 321 g/mol. The molecule has 2 aromatic rings. The van der Waals surface area contributed by atoms with Crippen molar-refractivity contribution in [1.82, 2.24) is 10.3 Å². The molecule has 3 rings (SSSR count). The molecule has 24 heavy (non-hydrogen) atoms. The molecule has 1 aliphatic rings. The summed E-state index contributed by atoms with van der Waals surface area (Å²) in [5.74, 6) is 0.209. The van der Waals surface area contributed by atoms with Crippen LogP contribution in [0, 0.1) is 0 Å². The summed E-state index contributed by atoms with van der Waals surface area (Å²) in [5, 5.41) is 13.0. The molecule has 7 heteroatoms. The second-order valence-electron chi connectivity index (χ2n) is 6.68. The van der Waals surface area contributed by atoms with Crippen LogP contribution < -0.4 is 5.32 Å². The maximum Gasteiger partial charge on any atom is 0.420 e. The Hall–Kier alpha value is -1.60. The molecule has 0 unspecified atom stereocenters. The lowest BCUT2D eigenvalue weighted by Crippen LogP contribution is -2.35. The van der Waals surface area contributed by atoms with Gasteiger partial charge >= 0.3 is 6.18 Å². The van der Waals surface area contributed by atoms with Crippen molar-refractivity contribution in [2.24, 2.45) is 0 Å². The summed E-state index contributed by atoms with van der Waals surface area (Å²) in [7, 11) is 0. The van der Waals surface area contributed by atoms with E-state index in [4.69, 9.17) is 4.42 Å². The lowest BCUT2D eigenvalue weighted by Gasteiger charge is -2.17. The number of benzene rings is 1. The number of alkyl halides is 3. The standard InChI is InChI=1S/C17H21F3N2O2/c1-9(2)16-22-13-7-10(8-21-12-4-3-5-14(12)23)6-11(15(13)24-16)17(18,19)20/h6-7,9,12,14,21,23H,3-5,8H2,1-2H3/t12-,14-/m1/s1. The zero-order chi connectivity index (χ0) is 17.5. The average Bonchev–Trinajstić information content (AvgIpc) is 3.09. The minimum Gasteiger partial charge on any atom is -0.440 e. The highest BCUT2D eigenvalue weighted by molar-refractivity contribution is 5.78. The topological polar surface area (TPSA) is 58.3 Å². The summed E-state index contributed by atoms with van der Waals surface area (Å²) in [6.45, 7) is 3.90. The fourth-order valence-corrected chi connectivity index (χ4v) is 3.10. The Morgan fingerprint density at radius 1 is 1.33 bits per heavy atom. The van der Waals surface area contributed by atoms with E-state index in [0.717, 1.165) is 25.3 Å². The number of aliphatic hydroxyl groups is 1. The molecule has 0 spiro atoms. The van der Waals surface area contributed by atoms with Crippen LogP contribution in [-0.2, 0) is 12.7 Å². The lowest BCUT2D eigenvalue weighted by atomic mass is 10.1. The third-order valence-corrected chi connectivity index (χ3v) is 4.41. The number of fused-ring (bicyclic) bond motifs is 1. The van der Waals surface area contributed by atoms with Crippen molar-refractivity contribution in [1.29, 1.82) is 0 Å². The molecule has 2 atom stereocenters. The minimum absolute atomic E-state index is 0.0708. The Morgan fingerprint density at radius 2 is 2.08 bits per heavy atom. The van der Waals surface area contributed by atoms with E-state index in [2.05, 4.69) is 10.3 Å². The summed E-state index contributed by atoms with van der Waals surface area (Å²) in [5.41, 5.74) is -0.311. The van der Waals surface area contributed by atoms with E-state index in [1.165, 1.54) is 0 Å². The van der Waals surface area contributed by atoms with Crippen LogP contribution >= 0.6 is 0 Å². The van der Waals surface area contributed by atoms with Gasteiger partial charge in [-0.25, -0.2) is 4.98 Å². The van der Waals surface area contributed by atoms with E-state index in [0.29, 0.717) is 11.5 Å². The molecule has 4 nitrogen and oxygen atoms in total. The van der Waals surface area contributed by atoms with Gasteiger partial charge in [0.15, 0.2) is 11.5 Å². The lowest BCUT2D eigenvalue weighted by molar-refractivity contribution is -0.136. The van der Waals surface area contributed by atoms with Gasteiger partial charge in [0.25, 0.3) is 0 Å². The van der Waals surface area contributed by atoms with E-state index < -0.39 is 17.8 Å². The Kier molecular flexibility index (Phi) is 4.57. The first-order valence-corrected chi connectivity index (χ1v) is 8.17. The molecule has 1 aliphatic carbocycles. The predicted octanol–water partition coefficient (Wildman–Crippen LogP) is 3.97. The molecule has 1 fully saturated rings. The Balaban J connectivity index is 1.93. The normalized spacial score (nSPS) is 22.0. The van der Waals surface area contributed by atoms with Crippen LogP contribution in [0.1, 0.15) is 56.0 Å². The van der Waals surface area contributed by atoms with Gasteiger partial charge < -0.3 is 14.8 Å². The van der Waals surface area contributed by atoms with Gasteiger partial charge in [0, 0.05) is 18.5 Å². The van der Waals surface area contributed by atoms with Crippen molar-refractivity contribution in [2.75, 3.05) is 0 Å². The monoisotopic (exact) mass is 342 g/mol. The third-order valence-electron chi connectivity index (χ3n) is 4.41. The van der Waals surface area contributed by atoms with E-state index in [-0.39, 0.29) is 29.6 Å². The van der Waals surface area contributed by atoms with Crippen LogP contribution in [0.4, 0.5) is 13.2 Å². The highest BCUT2D eigenvalue weighted by atomic mass is 19.4. The fourth-order valence-electron chi connectivity index (χ4n) is 3.10. The zero-order valence-corrected chi connectivity index (χ0v) is 13.7. The van der Waals surface area contributed by atoms with Crippen molar-refractivity contribution >= 4 is 11.1 Å². The first-order valence-electron chi connectivity index (χ1n) is 8.17. The minimum atomic E-state index is -4.51. The third kappa shape index (κ3) is 3.42. The molecule has 0 amide bonds. The number of hydrogen-bond donors (Lipinski definition) is 2. The number of hydrogen-bond acceptors (Lipinski definition) is 4. The average molecular weight is 342 g/mol. The van der Waals surface area contributed by atoms with Crippen LogP contribution in [0.5, 0.6) is 0 Å². The molecule has 1 aromatic heterocycles. The molecule has 0 bridgehead atoms. The number of nitrogens with zero attached hydrogens (tertiary/aromatic N) is 1. The van der Waals surface area contributed by atoms with Gasteiger partial charge in [-0.2, -0.15) is 13.2 Å². The summed E-state index contributed by atoms with van der Waals surface area (Å²) < 4.78 is 45.4. The maximum atomic E-state index is 13.4. The van der Waals surface area contributed by atoms with Gasteiger partial charge in [-0.15, -0.1) is 0 Å². The number of halogens is 3. The first kappa shape index (κ1) is 17.2. The Bertz CT molecular complexity index is 724. The van der Waals surface area contributed by atoms with Gasteiger partial charge in [-0.3, -0.25) is 0 Å². The van der Waals surface area contributed by atoms with Gasteiger partial charge in [0.2, 0.25) is 0 Å². The number of oxazole rings is 1.